The van der Waals surface area contributed by atoms with Crippen molar-refractivity contribution >= 4 is 18.1 Å². The Morgan fingerprint density at radius 1 is 1.19 bits per heavy atom. The van der Waals surface area contributed by atoms with Gasteiger partial charge in [0.15, 0.2) is 0 Å². The summed E-state index contributed by atoms with van der Waals surface area (Å²) in [5, 5.41) is 10.8. The lowest BCUT2D eigenvalue weighted by Gasteiger charge is -2.04. The van der Waals surface area contributed by atoms with Crippen molar-refractivity contribution in [2.24, 2.45) is 11.5 Å². The van der Waals surface area contributed by atoms with Crippen LogP contribution in [0.3, 0.4) is 0 Å². The van der Waals surface area contributed by atoms with Gasteiger partial charge in [-0.15, -0.1) is 12.4 Å². The molecule has 4 N–H and O–H groups in total. The number of nitrogens with zero attached hydrogens (tertiary/aromatic N) is 1. The first kappa shape index (κ1) is 14.8. The molecule has 0 radical (unpaired) electrons. The van der Waals surface area contributed by atoms with Crippen molar-refractivity contribution in [1.82, 2.24) is 0 Å². The second-order valence-corrected chi connectivity index (χ2v) is 3.30. The van der Waals surface area contributed by atoms with Crippen LogP contribution in [0.15, 0.2) is 18.2 Å². The van der Waals surface area contributed by atoms with Gasteiger partial charge in [-0.2, -0.15) is 0 Å². The number of hydrogen-bond acceptors (Lipinski definition) is 4. The molecule has 0 spiro atoms. The average molecular weight is 246 g/mol. The van der Waals surface area contributed by atoms with E-state index in [0.29, 0.717) is 31.5 Å². The predicted octanol–water partition coefficient (Wildman–Crippen LogP) is 1.02. The smallest absolute Gasteiger partial charge is 0.272 e. The zero-order valence-corrected chi connectivity index (χ0v) is 9.70. The highest BCUT2D eigenvalue weighted by Crippen LogP contribution is 2.20. The van der Waals surface area contributed by atoms with Crippen LogP contribution in [0.4, 0.5) is 5.69 Å². The summed E-state index contributed by atoms with van der Waals surface area (Å²) in [6.45, 7) is 0.907. The Balaban J connectivity index is 0.00000225. The number of benzene rings is 1. The Labute approximate surface area is 100 Å². The largest absolute Gasteiger partial charge is 0.330 e. The summed E-state index contributed by atoms with van der Waals surface area (Å²) in [6.07, 6.45) is 1.18. The molecule has 0 aliphatic heterocycles. The molecule has 1 rings (SSSR count). The van der Waals surface area contributed by atoms with Gasteiger partial charge in [-0.1, -0.05) is 12.1 Å². The van der Waals surface area contributed by atoms with E-state index in [-0.39, 0.29) is 23.0 Å². The number of hydrogen-bond donors (Lipinski definition) is 2. The molecule has 6 heteroatoms. The van der Waals surface area contributed by atoms with Crippen LogP contribution in [0, 0.1) is 10.1 Å². The van der Waals surface area contributed by atoms with Crippen molar-refractivity contribution in [2.75, 3.05) is 13.1 Å². The second kappa shape index (κ2) is 7.16. The molecule has 0 unspecified atom stereocenters. The lowest BCUT2D eigenvalue weighted by Crippen LogP contribution is -2.07. The van der Waals surface area contributed by atoms with Crippen molar-refractivity contribution in [3.05, 3.63) is 39.4 Å². The fourth-order valence-electron chi connectivity index (χ4n) is 1.47. The predicted molar refractivity (Wildman–Crippen MR) is 65.9 cm³/mol. The third kappa shape index (κ3) is 3.77. The number of halogens is 1. The quantitative estimate of drug-likeness (QED) is 0.598. The summed E-state index contributed by atoms with van der Waals surface area (Å²) in [5.74, 6) is 0. The van der Waals surface area contributed by atoms with Crippen LogP contribution >= 0.6 is 12.4 Å². The Hall–Kier alpha value is -1.17. The van der Waals surface area contributed by atoms with Gasteiger partial charge in [-0.25, -0.2) is 0 Å². The molecule has 0 saturated heterocycles. The van der Waals surface area contributed by atoms with E-state index < -0.39 is 0 Å². The molecular formula is C10H16ClN3O2. The number of nitrogens with two attached hydrogens (primary N) is 2. The lowest BCUT2D eigenvalue weighted by atomic mass is 10.0. The zero-order chi connectivity index (χ0) is 11.3. The molecule has 5 nitrogen and oxygen atoms in total. The van der Waals surface area contributed by atoms with Crippen molar-refractivity contribution in [3.63, 3.8) is 0 Å². The maximum Gasteiger partial charge on any atom is 0.272 e. The minimum absolute atomic E-state index is 0. The number of rotatable bonds is 5. The summed E-state index contributed by atoms with van der Waals surface area (Å²) >= 11 is 0. The summed E-state index contributed by atoms with van der Waals surface area (Å²) in [7, 11) is 0. The van der Waals surface area contributed by atoms with Crippen LogP contribution in [0.2, 0.25) is 0 Å². The highest BCUT2D eigenvalue weighted by molar-refractivity contribution is 5.85. The van der Waals surface area contributed by atoms with Crippen LogP contribution in [0.1, 0.15) is 11.1 Å². The maximum atomic E-state index is 10.8. The first-order valence-corrected chi connectivity index (χ1v) is 4.85. The molecule has 0 amide bonds. The summed E-state index contributed by atoms with van der Waals surface area (Å²) in [5.41, 5.74) is 12.5. The molecule has 16 heavy (non-hydrogen) atoms. The Morgan fingerprint density at radius 3 is 2.31 bits per heavy atom. The van der Waals surface area contributed by atoms with Gasteiger partial charge in [0.05, 0.1) is 4.92 Å². The van der Waals surface area contributed by atoms with Crippen LogP contribution < -0.4 is 11.5 Å². The molecule has 0 aliphatic carbocycles. The monoisotopic (exact) mass is 245 g/mol. The van der Waals surface area contributed by atoms with Crippen molar-refractivity contribution in [1.29, 1.82) is 0 Å². The molecular weight excluding hydrogens is 230 g/mol. The topological polar surface area (TPSA) is 95.2 Å². The van der Waals surface area contributed by atoms with E-state index >= 15 is 0 Å². The third-order valence-corrected chi connectivity index (χ3v) is 2.19. The summed E-state index contributed by atoms with van der Waals surface area (Å²) in [4.78, 5) is 10.4. The van der Waals surface area contributed by atoms with Crippen molar-refractivity contribution < 1.29 is 4.92 Å². The van der Waals surface area contributed by atoms with E-state index in [1.807, 2.05) is 6.07 Å². The Morgan fingerprint density at radius 2 is 1.81 bits per heavy atom. The summed E-state index contributed by atoms with van der Waals surface area (Å²) in [6, 6.07) is 5.21. The Kier molecular flexibility index (Phi) is 6.64. The standard InChI is InChI=1S/C10H15N3O2.ClH/c11-5-3-8-1-2-9(4-6-12)10(7-8)13(14)15;/h1-2,7H,3-6,11-12H2;1H. The van der Waals surface area contributed by atoms with Crippen LogP contribution in [-0.4, -0.2) is 18.0 Å². The van der Waals surface area contributed by atoms with Gasteiger partial charge in [-0.3, -0.25) is 10.1 Å². The van der Waals surface area contributed by atoms with E-state index in [1.165, 1.54) is 0 Å². The van der Waals surface area contributed by atoms with E-state index in [9.17, 15) is 10.1 Å². The Bertz CT molecular complexity index is 358. The molecule has 1 aromatic rings. The first-order valence-electron chi connectivity index (χ1n) is 4.85. The molecule has 0 aliphatic rings. The zero-order valence-electron chi connectivity index (χ0n) is 8.89. The van der Waals surface area contributed by atoms with E-state index in [4.69, 9.17) is 11.5 Å². The van der Waals surface area contributed by atoms with Crippen LogP contribution in [0.25, 0.3) is 0 Å². The average Bonchev–Trinajstić information content (AvgIpc) is 2.21. The lowest BCUT2D eigenvalue weighted by molar-refractivity contribution is -0.385. The van der Waals surface area contributed by atoms with Gasteiger partial charge in [0.2, 0.25) is 0 Å². The molecule has 0 atom stereocenters. The fourth-order valence-corrected chi connectivity index (χ4v) is 1.47. The highest BCUT2D eigenvalue weighted by atomic mass is 35.5. The van der Waals surface area contributed by atoms with Crippen molar-refractivity contribution in [3.8, 4) is 0 Å². The van der Waals surface area contributed by atoms with Gasteiger partial charge >= 0.3 is 0 Å². The van der Waals surface area contributed by atoms with E-state index in [0.717, 1.165) is 5.56 Å². The van der Waals surface area contributed by atoms with Crippen LogP contribution in [0.5, 0.6) is 0 Å². The minimum Gasteiger partial charge on any atom is -0.330 e. The van der Waals surface area contributed by atoms with Gasteiger partial charge in [0.1, 0.15) is 0 Å². The summed E-state index contributed by atoms with van der Waals surface area (Å²) < 4.78 is 0. The van der Waals surface area contributed by atoms with Gasteiger partial charge in [0.25, 0.3) is 5.69 Å². The van der Waals surface area contributed by atoms with E-state index in [2.05, 4.69) is 0 Å². The molecule has 1 aromatic carbocycles. The first-order chi connectivity index (χ1) is 7.19. The molecule has 90 valence electrons. The second-order valence-electron chi connectivity index (χ2n) is 3.30. The van der Waals surface area contributed by atoms with Gasteiger partial charge < -0.3 is 11.5 Å². The normalized spacial score (nSPS) is 9.62. The van der Waals surface area contributed by atoms with Gasteiger partial charge in [-0.05, 0) is 31.5 Å². The molecule has 0 heterocycles. The van der Waals surface area contributed by atoms with Crippen LogP contribution in [-0.2, 0) is 12.8 Å². The fraction of sp³-hybridized carbons (Fsp3) is 0.400. The molecule has 0 bridgehead atoms. The highest BCUT2D eigenvalue weighted by Gasteiger charge is 2.13. The SMILES string of the molecule is Cl.NCCc1ccc(CCN)c([N+](=O)[O-])c1. The maximum absolute atomic E-state index is 10.8. The third-order valence-electron chi connectivity index (χ3n) is 2.19. The molecule has 0 aromatic heterocycles. The molecule has 0 fully saturated rings. The van der Waals surface area contributed by atoms with Gasteiger partial charge in [0, 0.05) is 11.6 Å². The van der Waals surface area contributed by atoms with E-state index in [1.54, 1.807) is 12.1 Å². The molecule has 0 saturated carbocycles. The number of nitro benzene ring substituents is 1. The van der Waals surface area contributed by atoms with Crippen molar-refractivity contribution in [2.45, 2.75) is 12.8 Å². The minimum atomic E-state index is -0.370. The number of nitro groups is 1.